The zero-order valence-electron chi connectivity index (χ0n) is 5.38. The van der Waals surface area contributed by atoms with Crippen molar-refractivity contribution >= 4 is 0 Å². The van der Waals surface area contributed by atoms with Crippen LogP contribution >= 0.6 is 0 Å². The first-order valence-electron chi connectivity index (χ1n) is 3.11. The number of rotatable bonds is 0. The molecule has 0 radical (unpaired) electrons. The summed E-state index contributed by atoms with van der Waals surface area (Å²) in [7, 11) is 0. The van der Waals surface area contributed by atoms with E-state index in [0.29, 0.717) is 0 Å². The molecule has 4 heteroatoms. The Morgan fingerprint density at radius 2 is 1.50 bits per heavy atom. The summed E-state index contributed by atoms with van der Waals surface area (Å²) in [5, 5.41) is 27.0. The molecule has 0 saturated heterocycles. The van der Waals surface area contributed by atoms with Gasteiger partial charge in [-0.15, -0.1) is 0 Å². The number of hydrogen-bond donors (Lipinski definition) is 4. The molecule has 4 nitrogen and oxygen atoms in total. The molecule has 1 aliphatic carbocycles. The lowest BCUT2D eigenvalue weighted by molar-refractivity contribution is -0.00627. The van der Waals surface area contributed by atoms with Crippen LogP contribution in [0.15, 0.2) is 12.2 Å². The Bertz CT molecular complexity index is 132. The van der Waals surface area contributed by atoms with Crippen LogP contribution in [0.5, 0.6) is 0 Å². The van der Waals surface area contributed by atoms with E-state index in [4.69, 9.17) is 21.1 Å². The molecule has 0 aromatic rings. The fourth-order valence-corrected chi connectivity index (χ4v) is 0.900. The first-order chi connectivity index (χ1) is 4.63. The van der Waals surface area contributed by atoms with Gasteiger partial charge in [-0.1, -0.05) is 12.2 Å². The van der Waals surface area contributed by atoms with Crippen molar-refractivity contribution in [1.82, 2.24) is 0 Å². The van der Waals surface area contributed by atoms with Crippen LogP contribution in [0.3, 0.4) is 0 Å². The third-order valence-corrected chi connectivity index (χ3v) is 1.64. The van der Waals surface area contributed by atoms with E-state index in [1.807, 2.05) is 0 Å². The molecule has 0 amide bonds. The molecule has 0 unspecified atom stereocenters. The molecule has 10 heavy (non-hydrogen) atoms. The summed E-state index contributed by atoms with van der Waals surface area (Å²) in [5.74, 6) is 0. The number of aliphatic hydroxyl groups is 3. The molecule has 0 bridgehead atoms. The maximum atomic E-state index is 9.03. The predicted molar refractivity (Wildman–Crippen MR) is 35.1 cm³/mol. The summed E-state index contributed by atoms with van der Waals surface area (Å²) in [5.41, 5.74) is 5.30. The van der Waals surface area contributed by atoms with Crippen molar-refractivity contribution < 1.29 is 15.3 Å². The van der Waals surface area contributed by atoms with Crippen molar-refractivity contribution in [2.45, 2.75) is 24.4 Å². The van der Waals surface area contributed by atoms with Crippen LogP contribution in [0.1, 0.15) is 0 Å². The van der Waals surface area contributed by atoms with Crippen molar-refractivity contribution in [3.05, 3.63) is 12.2 Å². The van der Waals surface area contributed by atoms with Crippen LogP contribution in [-0.2, 0) is 0 Å². The van der Waals surface area contributed by atoms with Crippen molar-refractivity contribution in [2.24, 2.45) is 5.73 Å². The molecule has 0 fully saturated rings. The van der Waals surface area contributed by atoms with E-state index < -0.39 is 24.4 Å². The van der Waals surface area contributed by atoms with Gasteiger partial charge in [0, 0.05) is 0 Å². The Balaban J connectivity index is 2.69. The summed E-state index contributed by atoms with van der Waals surface area (Å²) < 4.78 is 0. The van der Waals surface area contributed by atoms with Gasteiger partial charge in [0.15, 0.2) is 0 Å². The average Bonchev–Trinajstić information content (AvgIpc) is 1.93. The normalized spacial score (nSPS) is 47.6. The second-order valence-corrected chi connectivity index (χ2v) is 2.43. The van der Waals surface area contributed by atoms with Crippen LogP contribution in [0, 0.1) is 0 Å². The molecule has 1 aliphatic rings. The Hall–Kier alpha value is -0.420. The Labute approximate surface area is 58.6 Å². The third-order valence-electron chi connectivity index (χ3n) is 1.64. The SMILES string of the molecule is N[C@@H]1[C@@H](O)[C@H](O)C=C[C@@H]1O. The van der Waals surface area contributed by atoms with E-state index in [2.05, 4.69) is 0 Å². The van der Waals surface area contributed by atoms with E-state index in [0.717, 1.165) is 0 Å². The molecular formula is C6H11NO3. The quantitative estimate of drug-likeness (QED) is 0.296. The lowest BCUT2D eigenvalue weighted by Crippen LogP contribution is -2.51. The molecule has 5 N–H and O–H groups in total. The average molecular weight is 145 g/mol. The van der Waals surface area contributed by atoms with Gasteiger partial charge in [0.25, 0.3) is 0 Å². The Morgan fingerprint density at radius 3 is 2.00 bits per heavy atom. The summed E-state index contributed by atoms with van der Waals surface area (Å²) in [4.78, 5) is 0. The molecular weight excluding hydrogens is 134 g/mol. The van der Waals surface area contributed by atoms with Gasteiger partial charge in [0.1, 0.15) is 6.10 Å². The maximum absolute atomic E-state index is 9.03. The second kappa shape index (κ2) is 2.67. The number of aliphatic hydroxyl groups excluding tert-OH is 3. The van der Waals surface area contributed by atoms with Crippen LogP contribution < -0.4 is 5.73 Å². The molecule has 0 aliphatic heterocycles. The molecule has 0 aromatic heterocycles. The first kappa shape index (κ1) is 7.68. The van der Waals surface area contributed by atoms with Gasteiger partial charge in [0.05, 0.1) is 18.2 Å². The van der Waals surface area contributed by atoms with Crippen molar-refractivity contribution in [2.75, 3.05) is 0 Å². The number of nitrogens with two attached hydrogens (primary N) is 1. The molecule has 4 atom stereocenters. The molecule has 1 rings (SSSR count). The minimum absolute atomic E-state index is 0.778. The monoisotopic (exact) mass is 145 g/mol. The van der Waals surface area contributed by atoms with Gasteiger partial charge in [-0.2, -0.15) is 0 Å². The smallest absolute Gasteiger partial charge is 0.101 e. The van der Waals surface area contributed by atoms with E-state index >= 15 is 0 Å². The summed E-state index contributed by atoms with van der Waals surface area (Å²) in [6.45, 7) is 0. The van der Waals surface area contributed by atoms with Crippen LogP contribution in [0.25, 0.3) is 0 Å². The standard InChI is InChI=1S/C6H11NO3/c7-5-3(8)1-2-4(9)6(5)10/h1-6,8-10H,7H2/t3-,4+,5-,6-/m0/s1. The summed E-state index contributed by atoms with van der Waals surface area (Å²) >= 11 is 0. The van der Waals surface area contributed by atoms with Gasteiger partial charge in [-0.25, -0.2) is 0 Å². The van der Waals surface area contributed by atoms with Gasteiger partial charge < -0.3 is 21.1 Å². The Kier molecular flexibility index (Phi) is 2.05. The lowest BCUT2D eigenvalue weighted by Gasteiger charge is -2.28. The van der Waals surface area contributed by atoms with Crippen LogP contribution in [0.2, 0.25) is 0 Å². The zero-order valence-corrected chi connectivity index (χ0v) is 5.38. The summed E-state index contributed by atoms with van der Waals surface area (Å²) in [6.07, 6.45) is -0.141. The fourth-order valence-electron chi connectivity index (χ4n) is 0.900. The van der Waals surface area contributed by atoms with Crippen LogP contribution in [0.4, 0.5) is 0 Å². The van der Waals surface area contributed by atoms with Crippen molar-refractivity contribution in [1.29, 1.82) is 0 Å². The topological polar surface area (TPSA) is 86.7 Å². The maximum Gasteiger partial charge on any atom is 0.101 e. The van der Waals surface area contributed by atoms with Crippen molar-refractivity contribution in [3.8, 4) is 0 Å². The van der Waals surface area contributed by atoms with Gasteiger partial charge in [-0.3, -0.25) is 0 Å². The molecule has 0 spiro atoms. The molecule has 0 heterocycles. The highest BCUT2D eigenvalue weighted by Crippen LogP contribution is 2.10. The van der Waals surface area contributed by atoms with Gasteiger partial charge in [0.2, 0.25) is 0 Å². The second-order valence-electron chi connectivity index (χ2n) is 2.43. The minimum Gasteiger partial charge on any atom is -0.388 e. The fraction of sp³-hybridized carbons (Fsp3) is 0.667. The highest BCUT2D eigenvalue weighted by molar-refractivity contribution is 5.08. The third kappa shape index (κ3) is 1.19. The highest BCUT2D eigenvalue weighted by atomic mass is 16.3. The first-order valence-corrected chi connectivity index (χ1v) is 3.11. The lowest BCUT2D eigenvalue weighted by atomic mass is 9.95. The van der Waals surface area contributed by atoms with E-state index in [1.165, 1.54) is 12.2 Å². The van der Waals surface area contributed by atoms with Crippen LogP contribution in [-0.4, -0.2) is 39.7 Å². The zero-order chi connectivity index (χ0) is 7.72. The molecule has 58 valence electrons. The minimum atomic E-state index is -1.06. The van der Waals surface area contributed by atoms with E-state index in [-0.39, 0.29) is 0 Å². The van der Waals surface area contributed by atoms with Gasteiger partial charge in [-0.05, 0) is 0 Å². The predicted octanol–water partition coefficient (Wildman–Crippen LogP) is -2.03. The Morgan fingerprint density at radius 1 is 1.00 bits per heavy atom. The molecule has 0 saturated carbocycles. The molecule has 0 aromatic carbocycles. The largest absolute Gasteiger partial charge is 0.388 e. The summed E-state index contributed by atoms with van der Waals surface area (Å²) in [6, 6.07) is -0.778. The van der Waals surface area contributed by atoms with Gasteiger partial charge >= 0.3 is 0 Å². The highest BCUT2D eigenvalue weighted by Gasteiger charge is 2.29. The number of hydrogen-bond acceptors (Lipinski definition) is 4. The van der Waals surface area contributed by atoms with Crippen molar-refractivity contribution in [3.63, 3.8) is 0 Å². The van der Waals surface area contributed by atoms with E-state index in [1.54, 1.807) is 0 Å². The van der Waals surface area contributed by atoms with E-state index in [9.17, 15) is 0 Å².